The number of carbonyl (C=O) groups is 2. The van der Waals surface area contributed by atoms with E-state index in [0.717, 1.165) is 29.7 Å². The van der Waals surface area contributed by atoms with Crippen LogP contribution in [0.2, 0.25) is 0 Å². The van der Waals surface area contributed by atoms with Gasteiger partial charge in [-0.1, -0.05) is 17.3 Å². The van der Waals surface area contributed by atoms with Gasteiger partial charge in [0.15, 0.2) is 5.69 Å². The molecule has 0 bridgehead atoms. The van der Waals surface area contributed by atoms with Crippen molar-refractivity contribution in [3.8, 4) is 0 Å². The van der Waals surface area contributed by atoms with Gasteiger partial charge in [0.2, 0.25) is 5.91 Å². The highest BCUT2D eigenvalue weighted by Gasteiger charge is 2.34. The second-order valence-corrected chi connectivity index (χ2v) is 5.93. The molecule has 0 saturated heterocycles. The molecule has 1 aromatic heterocycles. The number of aryl methyl sites for hydroxylation is 2. The van der Waals surface area contributed by atoms with Crippen LogP contribution in [0, 0.1) is 13.8 Å². The summed E-state index contributed by atoms with van der Waals surface area (Å²) in [6, 6.07) is 5.82. The summed E-state index contributed by atoms with van der Waals surface area (Å²) < 4.78 is 1.40. The van der Waals surface area contributed by atoms with Crippen molar-refractivity contribution < 1.29 is 14.7 Å². The standard InChI is InChI=1S/C16H18N4O3/c1-9-3-4-10(2)12(7-9)17-13(21)8-20-15(11-5-6-11)14(16(22)23)18-19-20/h3-4,7,11H,5-6,8H2,1-2H3,(H,17,21)(H,22,23). The van der Waals surface area contributed by atoms with Gasteiger partial charge in [0.1, 0.15) is 6.54 Å². The molecule has 1 saturated carbocycles. The monoisotopic (exact) mass is 314 g/mol. The number of carbonyl (C=O) groups excluding carboxylic acids is 1. The van der Waals surface area contributed by atoms with Crippen LogP contribution in [-0.4, -0.2) is 32.0 Å². The number of amides is 1. The molecule has 0 radical (unpaired) electrons. The van der Waals surface area contributed by atoms with Gasteiger partial charge in [0.05, 0.1) is 5.69 Å². The maximum atomic E-state index is 12.3. The highest BCUT2D eigenvalue weighted by molar-refractivity contribution is 5.92. The zero-order chi connectivity index (χ0) is 16.6. The summed E-state index contributed by atoms with van der Waals surface area (Å²) in [5.74, 6) is -1.21. The summed E-state index contributed by atoms with van der Waals surface area (Å²) in [6.45, 7) is 3.83. The lowest BCUT2D eigenvalue weighted by Crippen LogP contribution is -2.21. The van der Waals surface area contributed by atoms with E-state index in [1.54, 1.807) is 0 Å². The van der Waals surface area contributed by atoms with Gasteiger partial charge in [0, 0.05) is 11.6 Å². The van der Waals surface area contributed by atoms with Crippen molar-refractivity contribution >= 4 is 17.6 Å². The highest BCUT2D eigenvalue weighted by atomic mass is 16.4. The average Bonchev–Trinajstić information content (AvgIpc) is 3.23. The Morgan fingerprint density at radius 3 is 2.74 bits per heavy atom. The molecule has 2 N–H and O–H groups in total. The third-order valence-electron chi connectivity index (χ3n) is 3.90. The van der Waals surface area contributed by atoms with Crippen molar-refractivity contribution in [2.24, 2.45) is 0 Å². The highest BCUT2D eigenvalue weighted by Crippen LogP contribution is 2.41. The predicted molar refractivity (Wildman–Crippen MR) is 83.5 cm³/mol. The van der Waals surface area contributed by atoms with Gasteiger partial charge < -0.3 is 10.4 Å². The molecule has 1 aliphatic carbocycles. The molecular weight excluding hydrogens is 296 g/mol. The second-order valence-electron chi connectivity index (χ2n) is 5.93. The second kappa shape index (κ2) is 5.83. The van der Waals surface area contributed by atoms with Crippen LogP contribution in [-0.2, 0) is 11.3 Å². The number of anilines is 1. The molecule has 120 valence electrons. The van der Waals surface area contributed by atoms with Crippen LogP contribution >= 0.6 is 0 Å². The van der Waals surface area contributed by atoms with Crippen molar-refractivity contribution in [1.82, 2.24) is 15.0 Å². The Bertz CT molecular complexity index is 778. The van der Waals surface area contributed by atoms with E-state index in [0.29, 0.717) is 5.69 Å². The van der Waals surface area contributed by atoms with Gasteiger partial charge in [-0.15, -0.1) is 5.10 Å². The van der Waals surface area contributed by atoms with Crippen LogP contribution in [0.15, 0.2) is 18.2 Å². The van der Waals surface area contributed by atoms with Crippen LogP contribution in [0.5, 0.6) is 0 Å². The fraction of sp³-hybridized carbons (Fsp3) is 0.375. The summed E-state index contributed by atoms with van der Waals surface area (Å²) in [4.78, 5) is 23.5. The summed E-state index contributed by atoms with van der Waals surface area (Å²) >= 11 is 0. The third kappa shape index (κ3) is 3.23. The fourth-order valence-corrected chi connectivity index (χ4v) is 2.55. The minimum absolute atomic E-state index is 0.0422. The molecule has 23 heavy (non-hydrogen) atoms. The number of carboxylic acid groups (broad SMARTS) is 1. The zero-order valence-electron chi connectivity index (χ0n) is 13.0. The molecule has 0 aliphatic heterocycles. The number of nitrogens with zero attached hydrogens (tertiary/aromatic N) is 3. The van der Waals surface area contributed by atoms with Gasteiger partial charge >= 0.3 is 5.97 Å². The number of nitrogens with one attached hydrogen (secondary N) is 1. The molecular formula is C16H18N4O3. The van der Waals surface area contributed by atoms with Crippen LogP contribution < -0.4 is 5.32 Å². The summed E-state index contributed by atoms with van der Waals surface area (Å²) in [5, 5.41) is 19.6. The Hall–Kier alpha value is -2.70. The molecule has 1 aliphatic rings. The molecule has 0 unspecified atom stereocenters. The smallest absolute Gasteiger partial charge is 0.358 e. The normalized spacial score (nSPS) is 13.8. The minimum atomic E-state index is -1.10. The van der Waals surface area contributed by atoms with Crippen LogP contribution in [0.3, 0.4) is 0 Å². The Morgan fingerprint density at radius 2 is 2.09 bits per heavy atom. The van der Waals surface area contributed by atoms with Crippen LogP contribution in [0.25, 0.3) is 0 Å². The number of carboxylic acids is 1. The summed E-state index contributed by atoms with van der Waals surface area (Å²) in [5.41, 5.74) is 3.27. The molecule has 1 amide bonds. The van der Waals surface area contributed by atoms with E-state index in [4.69, 9.17) is 0 Å². The number of rotatable bonds is 5. The van der Waals surface area contributed by atoms with E-state index < -0.39 is 5.97 Å². The van der Waals surface area contributed by atoms with Crippen molar-refractivity contribution in [1.29, 1.82) is 0 Å². The Labute approximate surface area is 133 Å². The largest absolute Gasteiger partial charge is 0.476 e. The lowest BCUT2D eigenvalue weighted by atomic mass is 10.1. The zero-order valence-corrected chi connectivity index (χ0v) is 13.0. The maximum Gasteiger partial charge on any atom is 0.358 e. The Balaban J connectivity index is 1.78. The van der Waals surface area contributed by atoms with E-state index >= 15 is 0 Å². The first kappa shape index (κ1) is 15.2. The van der Waals surface area contributed by atoms with E-state index in [1.807, 2.05) is 32.0 Å². The predicted octanol–water partition coefficient (Wildman–Crippen LogP) is 2.11. The first-order valence-corrected chi connectivity index (χ1v) is 7.49. The number of hydrogen-bond donors (Lipinski definition) is 2. The molecule has 1 heterocycles. The Morgan fingerprint density at radius 1 is 1.35 bits per heavy atom. The van der Waals surface area contributed by atoms with E-state index in [1.165, 1.54) is 4.68 Å². The Kier molecular flexibility index (Phi) is 3.85. The summed E-state index contributed by atoms with van der Waals surface area (Å²) in [7, 11) is 0. The number of aromatic carboxylic acids is 1. The van der Waals surface area contributed by atoms with Gasteiger partial charge in [-0.25, -0.2) is 9.48 Å². The average molecular weight is 314 g/mol. The third-order valence-corrected chi connectivity index (χ3v) is 3.90. The van der Waals surface area contributed by atoms with Gasteiger partial charge in [0.25, 0.3) is 0 Å². The van der Waals surface area contributed by atoms with E-state index in [9.17, 15) is 14.7 Å². The fourth-order valence-electron chi connectivity index (χ4n) is 2.55. The van der Waals surface area contributed by atoms with E-state index in [-0.39, 0.29) is 24.1 Å². The van der Waals surface area contributed by atoms with Crippen molar-refractivity contribution in [2.75, 3.05) is 5.32 Å². The molecule has 0 spiro atoms. The van der Waals surface area contributed by atoms with Crippen molar-refractivity contribution in [3.63, 3.8) is 0 Å². The molecule has 1 fully saturated rings. The quantitative estimate of drug-likeness (QED) is 0.881. The molecule has 1 aromatic carbocycles. The first-order chi connectivity index (χ1) is 11.0. The lowest BCUT2D eigenvalue weighted by molar-refractivity contribution is -0.117. The molecule has 7 heteroatoms. The molecule has 2 aromatic rings. The SMILES string of the molecule is Cc1ccc(C)c(NC(=O)Cn2nnc(C(=O)O)c2C2CC2)c1. The number of benzene rings is 1. The van der Waals surface area contributed by atoms with Crippen molar-refractivity contribution in [2.45, 2.75) is 39.2 Å². The van der Waals surface area contributed by atoms with Gasteiger partial charge in [-0.05, 0) is 43.9 Å². The van der Waals surface area contributed by atoms with Crippen molar-refractivity contribution in [3.05, 3.63) is 40.7 Å². The van der Waals surface area contributed by atoms with Crippen LogP contribution in [0.1, 0.15) is 46.1 Å². The molecule has 3 rings (SSSR count). The van der Waals surface area contributed by atoms with Gasteiger partial charge in [-0.3, -0.25) is 4.79 Å². The number of hydrogen-bond acceptors (Lipinski definition) is 4. The molecule has 0 atom stereocenters. The van der Waals surface area contributed by atoms with E-state index in [2.05, 4.69) is 15.6 Å². The van der Waals surface area contributed by atoms with Crippen LogP contribution in [0.4, 0.5) is 5.69 Å². The lowest BCUT2D eigenvalue weighted by Gasteiger charge is -2.10. The summed E-state index contributed by atoms with van der Waals surface area (Å²) in [6.07, 6.45) is 1.82. The topological polar surface area (TPSA) is 97.1 Å². The number of aromatic nitrogens is 3. The maximum absolute atomic E-state index is 12.3. The van der Waals surface area contributed by atoms with Gasteiger partial charge in [-0.2, -0.15) is 0 Å². The first-order valence-electron chi connectivity index (χ1n) is 7.49. The minimum Gasteiger partial charge on any atom is -0.476 e. The molecule has 7 nitrogen and oxygen atoms in total.